The second-order valence-electron chi connectivity index (χ2n) is 6.35. The van der Waals surface area contributed by atoms with Crippen molar-refractivity contribution in [2.75, 3.05) is 13.1 Å². The van der Waals surface area contributed by atoms with Gasteiger partial charge in [0.05, 0.1) is 5.92 Å². The van der Waals surface area contributed by atoms with Crippen LogP contribution in [0.3, 0.4) is 0 Å². The highest BCUT2D eigenvalue weighted by atomic mass is 16.5. The Morgan fingerprint density at radius 3 is 2.00 bits per heavy atom. The standard InChI is InChI=1S/C20H22N2O3/c1-13(2)19(23)21-11-12-22-20(24)18-14-7-3-5-9-16(14)25-17-10-6-4-8-15(17)18/h3-10,13,18H,11-12H2,1-2H3,(H,21,23)(H,22,24). The van der Waals surface area contributed by atoms with Crippen molar-refractivity contribution in [1.82, 2.24) is 10.6 Å². The summed E-state index contributed by atoms with van der Waals surface area (Å²) in [5.41, 5.74) is 1.70. The highest BCUT2D eigenvalue weighted by Crippen LogP contribution is 2.43. The minimum atomic E-state index is -0.415. The van der Waals surface area contributed by atoms with Gasteiger partial charge < -0.3 is 15.4 Å². The summed E-state index contributed by atoms with van der Waals surface area (Å²) in [6, 6.07) is 15.2. The predicted octanol–water partition coefficient (Wildman–Crippen LogP) is 2.81. The molecule has 0 unspecified atom stereocenters. The van der Waals surface area contributed by atoms with E-state index in [1.165, 1.54) is 0 Å². The third-order valence-electron chi connectivity index (χ3n) is 4.19. The number of carbonyl (C=O) groups is 2. The number of rotatable bonds is 5. The van der Waals surface area contributed by atoms with Crippen LogP contribution in [-0.2, 0) is 9.59 Å². The molecule has 2 aromatic rings. The van der Waals surface area contributed by atoms with Crippen LogP contribution in [0.15, 0.2) is 48.5 Å². The van der Waals surface area contributed by atoms with Crippen LogP contribution < -0.4 is 15.4 Å². The average molecular weight is 338 g/mol. The molecule has 0 saturated carbocycles. The molecule has 3 rings (SSSR count). The summed E-state index contributed by atoms with van der Waals surface area (Å²) in [5.74, 6) is 0.814. The number of ether oxygens (including phenoxy) is 1. The van der Waals surface area contributed by atoms with E-state index < -0.39 is 5.92 Å². The Kier molecular flexibility index (Phi) is 5.03. The molecule has 130 valence electrons. The number of para-hydroxylation sites is 2. The fraction of sp³-hybridized carbons (Fsp3) is 0.300. The van der Waals surface area contributed by atoms with Crippen LogP contribution in [0, 0.1) is 5.92 Å². The van der Waals surface area contributed by atoms with Crippen LogP contribution in [0.2, 0.25) is 0 Å². The number of nitrogens with one attached hydrogen (secondary N) is 2. The maximum Gasteiger partial charge on any atom is 0.232 e. The lowest BCUT2D eigenvalue weighted by atomic mass is 9.87. The van der Waals surface area contributed by atoms with E-state index in [1.807, 2.05) is 62.4 Å². The van der Waals surface area contributed by atoms with Gasteiger partial charge in [0.15, 0.2) is 0 Å². The molecule has 2 amide bonds. The summed E-state index contributed by atoms with van der Waals surface area (Å²) < 4.78 is 5.90. The largest absolute Gasteiger partial charge is 0.457 e. The Bertz CT molecular complexity index is 741. The molecule has 0 saturated heterocycles. The van der Waals surface area contributed by atoms with E-state index in [1.54, 1.807) is 0 Å². The van der Waals surface area contributed by atoms with E-state index in [2.05, 4.69) is 10.6 Å². The van der Waals surface area contributed by atoms with Gasteiger partial charge in [-0.05, 0) is 12.1 Å². The first-order valence-corrected chi connectivity index (χ1v) is 8.49. The maximum atomic E-state index is 12.8. The molecule has 2 N–H and O–H groups in total. The van der Waals surface area contributed by atoms with Crippen LogP contribution in [-0.4, -0.2) is 24.9 Å². The Morgan fingerprint density at radius 1 is 0.920 bits per heavy atom. The molecule has 0 aliphatic carbocycles. The minimum Gasteiger partial charge on any atom is -0.457 e. The van der Waals surface area contributed by atoms with Gasteiger partial charge >= 0.3 is 0 Å². The van der Waals surface area contributed by atoms with Crippen molar-refractivity contribution in [3.05, 3.63) is 59.7 Å². The van der Waals surface area contributed by atoms with E-state index >= 15 is 0 Å². The summed E-state index contributed by atoms with van der Waals surface area (Å²) in [5, 5.41) is 5.72. The fourth-order valence-corrected chi connectivity index (χ4v) is 2.87. The van der Waals surface area contributed by atoms with Crippen LogP contribution in [0.4, 0.5) is 0 Å². The number of hydrogen-bond acceptors (Lipinski definition) is 3. The molecule has 0 radical (unpaired) electrons. The first-order valence-electron chi connectivity index (χ1n) is 8.49. The summed E-state index contributed by atoms with van der Waals surface area (Å²) in [4.78, 5) is 24.4. The van der Waals surface area contributed by atoms with Crippen molar-refractivity contribution in [3.8, 4) is 11.5 Å². The molecule has 0 spiro atoms. The molecule has 1 aliphatic heterocycles. The average Bonchev–Trinajstić information content (AvgIpc) is 2.62. The first-order chi connectivity index (χ1) is 12.1. The van der Waals surface area contributed by atoms with Gasteiger partial charge in [0.1, 0.15) is 11.5 Å². The number of fused-ring (bicyclic) bond motifs is 2. The molecule has 2 aromatic carbocycles. The van der Waals surface area contributed by atoms with Crippen molar-refractivity contribution in [1.29, 1.82) is 0 Å². The summed E-state index contributed by atoms with van der Waals surface area (Å²) in [7, 11) is 0. The summed E-state index contributed by atoms with van der Waals surface area (Å²) >= 11 is 0. The number of hydrogen-bond donors (Lipinski definition) is 2. The molecule has 5 nitrogen and oxygen atoms in total. The van der Waals surface area contributed by atoms with Crippen molar-refractivity contribution in [2.24, 2.45) is 5.92 Å². The lowest BCUT2D eigenvalue weighted by Crippen LogP contribution is -2.38. The summed E-state index contributed by atoms with van der Waals surface area (Å²) in [6.45, 7) is 4.47. The van der Waals surface area contributed by atoms with Crippen LogP contribution in [0.5, 0.6) is 11.5 Å². The number of benzene rings is 2. The molecular formula is C20H22N2O3. The quantitative estimate of drug-likeness (QED) is 0.824. The Labute approximate surface area is 147 Å². The van der Waals surface area contributed by atoms with E-state index in [9.17, 15) is 9.59 Å². The summed E-state index contributed by atoms with van der Waals surface area (Å²) in [6.07, 6.45) is 0. The minimum absolute atomic E-state index is 0.0176. The zero-order valence-corrected chi connectivity index (χ0v) is 14.4. The van der Waals surface area contributed by atoms with E-state index in [-0.39, 0.29) is 17.7 Å². The molecule has 0 atom stereocenters. The van der Waals surface area contributed by atoms with Gasteiger partial charge in [0.25, 0.3) is 0 Å². The lowest BCUT2D eigenvalue weighted by Gasteiger charge is -2.27. The van der Waals surface area contributed by atoms with Gasteiger partial charge in [-0.3, -0.25) is 9.59 Å². The van der Waals surface area contributed by atoms with Crippen molar-refractivity contribution in [2.45, 2.75) is 19.8 Å². The maximum absolute atomic E-state index is 12.8. The Morgan fingerprint density at radius 2 is 1.44 bits per heavy atom. The zero-order valence-electron chi connectivity index (χ0n) is 14.4. The molecule has 0 bridgehead atoms. The predicted molar refractivity (Wildman–Crippen MR) is 95.7 cm³/mol. The third kappa shape index (κ3) is 3.65. The molecule has 1 aliphatic rings. The van der Waals surface area contributed by atoms with Crippen molar-refractivity contribution in [3.63, 3.8) is 0 Å². The van der Waals surface area contributed by atoms with Gasteiger partial charge in [-0.2, -0.15) is 0 Å². The second kappa shape index (κ2) is 7.38. The van der Waals surface area contributed by atoms with E-state index in [0.717, 1.165) is 11.1 Å². The zero-order chi connectivity index (χ0) is 17.8. The second-order valence-corrected chi connectivity index (χ2v) is 6.35. The molecule has 25 heavy (non-hydrogen) atoms. The van der Waals surface area contributed by atoms with E-state index in [4.69, 9.17) is 4.74 Å². The highest BCUT2D eigenvalue weighted by molar-refractivity contribution is 5.89. The Hall–Kier alpha value is -2.82. The van der Waals surface area contributed by atoms with Gasteiger partial charge in [-0.1, -0.05) is 50.2 Å². The molecule has 5 heteroatoms. The normalized spacial score (nSPS) is 12.8. The van der Waals surface area contributed by atoms with Crippen LogP contribution in [0.25, 0.3) is 0 Å². The monoisotopic (exact) mass is 338 g/mol. The molecule has 0 aromatic heterocycles. The SMILES string of the molecule is CC(C)C(=O)NCCNC(=O)C1c2ccccc2Oc2ccccc21. The topological polar surface area (TPSA) is 67.4 Å². The van der Waals surface area contributed by atoms with Gasteiger partial charge in [-0.15, -0.1) is 0 Å². The first kappa shape index (κ1) is 17.0. The van der Waals surface area contributed by atoms with Gasteiger partial charge in [0.2, 0.25) is 11.8 Å². The van der Waals surface area contributed by atoms with Crippen molar-refractivity contribution < 1.29 is 14.3 Å². The van der Waals surface area contributed by atoms with Gasteiger partial charge in [0, 0.05) is 30.1 Å². The van der Waals surface area contributed by atoms with Crippen molar-refractivity contribution >= 4 is 11.8 Å². The van der Waals surface area contributed by atoms with Crippen LogP contribution >= 0.6 is 0 Å². The lowest BCUT2D eigenvalue weighted by molar-refractivity contribution is -0.125. The van der Waals surface area contributed by atoms with Crippen LogP contribution in [0.1, 0.15) is 30.9 Å². The number of amides is 2. The fourth-order valence-electron chi connectivity index (χ4n) is 2.87. The third-order valence-corrected chi connectivity index (χ3v) is 4.19. The Balaban J connectivity index is 1.73. The highest BCUT2D eigenvalue weighted by Gasteiger charge is 2.32. The van der Waals surface area contributed by atoms with E-state index in [0.29, 0.717) is 24.6 Å². The van der Waals surface area contributed by atoms with Gasteiger partial charge in [-0.25, -0.2) is 0 Å². The smallest absolute Gasteiger partial charge is 0.232 e. The molecular weight excluding hydrogens is 316 g/mol. The number of carbonyl (C=O) groups excluding carboxylic acids is 2. The molecule has 0 fully saturated rings. The molecule has 1 heterocycles.